The molecule has 2 aromatic heterocycles. The summed E-state index contributed by atoms with van der Waals surface area (Å²) >= 11 is 0. The topological polar surface area (TPSA) is 69.6 Å². The molecule has 2 aromatic rings. The smallest absolute Gasteiger partial charge is 0.155 e. The van der Waals surface area contributed by atoms with Crippen LogP contribution in [0.4, 0.5) is 0 Å². The molecule has 0 spiro atoms. The average Bonchev–Trinajstić information content (AvgIpc) is 2.65. The predicted molar refractivity (Wildman–Crippen MR) is 51.3 cm³/mol. The largest absolute Gasteiger partial charge is 0.319 e. The number of nitrogens with zero attached hydrogens (tertiary/aromatic N) is 4. The standard InChI is InChI=1S/C9H11N5/c1-14-6-12-13-9(14)8(10)7-4-2-3-5-11-7/h2-6,8H,10H2,1H3. The maximum absolute atomic E-state index is 5.98. The first-order valence-corrected chi connectivity index (χ1v) is 4.29. The van der Waals surface area contributed by atoms with Crippen LogP contribution >= 0.6 is 0 Å². The second kappa shape index (κ2) is 3.55. The molecule has 72 valence electrons. The van der Waals surface area contributed by atoms with Crippen molar-refractivity contribution in [2.75, 3.05) is 0 Å². The van der Waals surface area contributed by atoms with E-state index in [1.807, 2.05) is 25.2 Å². The Bertz CT molecular complexity index is 408. The van der Waals surface area contributed by atoms with Crippen molar-refractivity contribution in [3.05, 3.63) is 42.2 Å². The van der Waals surface area contributed by atoms with E-state index in [0.29, 0.717) is 5.82 Å². The third kappa shape index (κ3) is 1.49. The Morgan fingerprint density at radius 1 is 1.43 bits per heavy atom. The van der Waals surface area contributed by atoms with Crippen LogP contribution in [0.1, 0.15) is 17.6 Å². The van der Waals surface area contributed by atoms with Gasteiger partial charge in [0, 0.05) is 13.2 Å². The zero-order valence-electron chi connectivity index (χ0n) is 7.83. The summed E-state index contributed by atoms with van der Waals surface area (Å²) in [6.07, 6.45) is 3.34. The molecule has 2 rings (SSSR count). The lowest BCUT2D eigenvalue weighted by molar-refractivity contribution is 0.697. The number of pyridine rings is 1. The molecule has 0 aliphatic heterocycles. The van der Waals surface area contributed by atoms with Crippen LogP contribution in [0.25, 0.3) is 0 Å². The Morgan fingerprint density at radius 2 is 2.29 bits per heavy atom. The van der Waals surface area contributed by atoms with Gasteiger partial charge < -0.3 is 10.3 Å². The number of nitrogens with two attached hydrogens (primary N) is 1. The molecule has 0 saturated heterocycles. The first-order valence-electron chi connectivity index (χ1n) is 4.29. The Balaban J connectivity index is 2.34. The molecule has 0 saturated carbocycles. The summed E-state index contributed by atoms with van der Waals surface area (Å²) in [5, 5.41) is 7.71. The fourth-order valence-corrected chi connectivity index (χ4v) is 1.27. The van der Waals surface area contributed by atoms with Crippen LogP contribution < -0.4 is 5.73 Å². The number of rotatable bonds is 2. The second-order valence-corrected chi connectivity index (χ2v) is 3.03. The molecule has 0 bridgehead atoms. The van der Waals surface area contributed by atoms with Crippen molar-refractivity contribution in [3.63, 3.8) is 0 Å². The van der Waals surface area contributed by atoms with Gasteiger partial charge in [0.05, 0.1) is 5.69 Å². The molecule has 0 fully saturated rings. The van der Waals surface area contributed by atoms with Crippen LogP contribution in [0.3, 0.4) is 0 Å². The zero-order valence-corrected chi connectivity index (χ0v) is 7.83. The average molecular weight is 189 g/mol. The SMILES string of the molecule is Cn1cnnc1C(N)c1ccccn1. The zero-order chi connectivity index (χ0) is 9.97. The van der Waals surface area contributed by atoms with Gasteiger partial charge in [-0.15, -0.1) is 10.2 Å². The van der Waals surface area contributed by atoms with Crippen LogP contribution in [0.5, 0.6) is 0 Å². The number of aromatic nitrogens is 4. The predicted octanol–water partition coefficient (Wildman–Crippen LogP) is 0.258. The fraction of sp³-hybridized carbons (Fsp3) is 0.222. The number of hydrogen-bond donors (Lipinski definition) is 1. The monoisotopic (exact) mass is 189 g/mol. The van der Waals surface area contributed by atoms with Gasteiger partial charge in [-0.1, -0.05) is 6.07 Å². The van der Waals surface area contributed by atoms with Gasteiger partial charge in [-0.05, 0) is 12.1 Å². The summed E-state index contributed by atoms with van der Waals surface area (Å²) in [5.74, 6) is 0.712. The third-order valence-corrected chi connectivity index (χ3v) is 2.03. The van der Waals surface area contributed by atoms with E-state index in [0.717, 1.165) is 5.69 Å². The van der Waals surface area contributed by atoms with E-state index in [9.17, 15) is 0 Å². The molecule has 0 aromatic carbocycles. The Morgan fingerprint density at radius 3 is 2.86 bits per heavy atom. The number of hydrogen-bond acceptors (Lipinski definition) is 4. The summed E-state index contributed by atoms with van der Waals surface area (Å²) < 4.78 is 1.79. The molecular formula is C9H11N5. The van der Waals surface area contributed by atoms with E-state index in [2.05, 4.69) is 15.2 Å². The van der Waals surface area contributed by atoms with Crippen LogP contribution in [-0.4, -0.2) is 19.7 Å². The van der Waals surface area contributed by atoms with E-state index in [1.165, 1.54) is 0 Å². The van der Waals surface area contributed by atoms with Crippen molar-refractivity contribution in [2.45, 2.75) is 6.04 Å². The van der Waals surface area contributed by atoms with Gasteiger partial charge in [-0.25, -0.2) is 0 Å². The molecule has 5 nitrogen and oxygen atoms in total. The van der Waals surface area contributed by atoms with Gasteiger partial charge in [0.15, 0.2) is 5.82 Å². The Hall–Kier alpha value is -1.75. The first-order chi connectivity index (χ1) is 6.79. The molecule has 2 heterocycles. The highest BCUT2D eigenvalue weighted by Gasteiger charge is 2.14. The maximum Gasteiger partial charge on any atom is 0.155 e. The van der Waals surface area contributed by atoms with Crippen molar-refractivity contribution < 1.29 is 0 Å². The Kier molecular flexibility index (Phi) is 2.24. The molecular weight excluding hydrogens is 178 g/mol. The Labute approximate surface area is 81.6 Å². The quantitative estimate of drug-likeness (QED) is 0.735. The van der Waals surface area contributed by atoms with E-state index in [4.69, 9.17) is 5.73 Å². The van der Waals surface area contributed by atoms with Crippen LogP contribution in [0.2, 0.25) is 0 Å². The van der Waals surface area contributed by atoms with E-state index in [-0.39, 0.29) is 6.04 Å². The van der Waals surface area contributed by atoms with Crippen molar-refractivity contribution in [3.8, 4) is 0 Å². The molecule has 0 radical (unpaired) electrons. The highest BCUT2D eigenvalue weighted by Crippen LogP contribution is 2.13. The lowest BCUT2D eigenvalue weighted by atomic mass is 10.2. The first kappa shape index (κ1) is 8.83. The van der Waals surface area contributed by atoms with Gasteiger partial charge in [0.1, 0.15) is 12.4 Å². The molecule has 0 amide bonds. The summed E-state index contributed by atoms with van der Waals surface area (Å²) in [7, 11) is 1.86. The van der Waals surface area contributed by atoms with Crippen LogP contribution in [-0.2, 0) is 7.05 Å². The normalized spacial score (nSPS) is 12.7. The third-order valence-electron chi connectivity index (χ3n) is 2.03. The van der Waals surface area contributed by atoms with E-state index >= 15 is 0 Å². The lowest BCUT2D eigenvalue weighted by Gasteiger charge is -2.08. The fourth-order valence-electron chi connectivity index (χ4n) is 1.27. The van der Waals surface area contributed by atoms with Crippen LogP contribution in [0, 0.1) is 0 Å². The maximum atomic E-state index is 5.98. The molecule has 1 unspecified atom stereocenters. The molecule has 0 aliphatic rings. The van der Waals surface area contributed by atoms with Gasteiger partial charge in [0.25, 0.3) is 0 Å². The summed E-state index contributed by atoms with van der Waals surface area (Å²) in [4.78, 5) is 4.17. The molecule has 5 heteroatoms. The molecule has 2 N–H and O–H groups in total. The van der Waals surface area contributed by atoms with Gasteiger partial charge in [-0.3, -0.25) is 4.98 Å². The molecule has 14 heavy (non-hydrogen) atoms. The molecule has 1 atom stereocenters. The van der Waals surface area contributed by atoms with Crippen molar-refractivity contribution in [2.24, 2.45) is 12.8 Å². The van der Waals surface area contributed by atoms with Crippen molar-refractivity contribution >= 4 is 0 Å². The van der Waals surface area contributed by atoms with Gasteiger partial charge in [-0.2, -0.15) is 0 Å². The number of aryl methyl sites for hydroxylation is 1. The summed E-state index contributed by atoms with van der Waals surface area (Å²) in [6.45, 7) is 0. The second-order valence-electron chi connectivity index (χ2n) is 3.03. The highest BCUT2D eigenvalue weighted by atomic mass is 15.3. The van der Waals surface area contributed by atoms with Gasteiger partial charge in [0.2, 0.25) is 0 Å². The van der Waals surface area contributed by atoms with E-state index < -0.39 is 0 Å². The minimum atomic E-state index is -0.316. The van der Waals surface area contributed by atoms with Gasteiger partial charge >= 0.3 is 0 Å². The van der Waals surface area contributed by atoms with Crippen molar-refractivity contribution in [1.29, 1.82) is 0 Å². The van der Waals surface area contributed by atoms with Crippen molar-refractivity contribution in [1.82, 2.24) is 19.7 Å². The minimum Gasteiger partial charge on any atom is -0.319 e. The lowest BCUT2D eigenvalue weighted by Crippen LogP contribution is -2.17. The van der Waals surface area contributed by atoms with Crippen LogP contribution in [0.15, 0.2) is 30.7 Å². The highest BCUT2D eigenvalue weighted by molar-refractivity contribution is 5.15. The van der Waals surface area contributed by atoms with E-state index in [1.54, 1.807) is 17.1 Å². The summed E-state index contributed by atoms with van der Waals surface area (Å²) in [6, 6.07) is 5.31. The molecule has 0 aliphatic carbocycles. The summed E-state index contributed by atoms with van der Waals surface area (Å²) in [5.41, 5.74) is 6.77. The minimum absolute atomic E-state index is 0.316.